The van der Waals surface area contributed by atoms with E-state index in [1.54, 1.807) is 45.0 Å². The number of benzene rings is 1. The van der Waals surface area contributed by atoms with Gasteiger partial charge in [0, 0.05) is 24.1 Å². The van der Waals surface area contributed by atoms with E-state index in [2.05, 4.69) is 10.0 Å². The molecule has 7 nitrogen and oxygen atoms in total. The fourth-order valence-corrected chi connectivity index (χ4v) is 2.52. The van der Waals surface area contributed by atoms with Gasteiger partial charge in [0.05, 0.1) is 5.75 Å². The SMILES string of the molecule is CCS(=O)(=O)NCc1ccc(C(=O)NC(C)(C)CCC(=O)O)cc1. The lowest BCUT2D eigenvalue weighted by molar-refractivity contribution is -0.137. The Morgan fingerprint density at radius 3 is 2.25 bits per heavy atom. The van der Waals surface area contributed by atoms with Crippen molar-refractivity contribution < 1.29 is 23.1 Å². The smallest absolute Gasteiger partial charge is 0.303 e. The van der Waals surface area contributed by atoms with Crippen molar-refractivity contribution in [3.8, 4) is 0 Å². The number of hydrogen-bond acceptors (Lipinski definition) is 4. The van der Waals surface area contributed by atoms with Crippen LogP contribution in [0.1, 0.15) is 49.5 Å². The van der Waals surface area contributed by atoms with Gasteiger partial charge in [0.2, 0.25) is 10.0 Å². The van der Waals surface area contributed by atoms with E-state index in [1.807, 2.05) is 0 Å². The van der Waals surface area contributed by atoms with Gasteiger partial charge < -0.3 is 10.4 Å². The largest absolute Gasteiger partial charge is 0.481 e. The third-order valence-electron chi connectivity index (χ3n) is 3.51. The summed E-state index contributed by atoms with van der Waals surface area (Å²) in [5.74, 6) is -1.19. The summed E-state index contributed by atoms with van der Waals surface area (Å²) in [6.07, 6.45) is 0.300. The first-order valence-corrected chi connectivity index (χ1v) is 9.30. The van der Waals surface area contributed by atoms with E-state index in [0.717, 1.165) is 5.56 Å². The summed E-state index contributed by atoms with van der Waals surface area (Å²) in [7, 11) is -3.26. The van der Waals surface area contributed by atoms with Crippen LogP contribution < -0.4 is 10.0 Å². The molecule has 134 valence electrons. The predicted octanol–water partition coefficient (Wildman–Crippen LogP) is 1.50. The maximum Gasteiger partial charge on any atom is 0.303 e. The fraction of sp³-hybridized carbons (Fsp3) is 0.500. The molecule has 1 aromatic carbocycles. The van der Waals surface area contributed by atoms with Crippen molar-refractivity contribution in [2.24, 2.45) is 0 Å². The van der Waals surface area contributed by atoms with Crippen molar-refractivity contribution in [2.75, 3.05) is 5.75 Å². The molecule has 3 N–H and O–H groups in total. The average Bonchev–Trinajstić information content (AvgIpc) is 2.51. The van der Waals surface area contributed by atoms with Crippen LogP contribution in [0.25, 0.3) is 0 Å². The summed E-state index contributed by atoms with van der Waals surface area (Å²) >= 11 is 0. The topological polar surface area (TPSA) is 113 Å². The Morgan fingerprint density at radius 2 is 1.75 bits per heavy atom. The first-order chi connectivity index (χ1) is 11.0. The number of carboxylic acid groups (broad SMARTS) is 1. The monoisotopic (exact) mass is 356 g/mol. The van der Waals surface area contributed by atoms with Gasteiger partial charge in [-0.2, -0.15) is 0 Å². The van der Waals surface area contributed by atoms with Gasteiger partial charge in [-0.15, -0.1) is 0 Å². The van der Waals surface area contributed by atoms with Crippen LogP contribution in [0.15, 0.2) is 24.3 Å². The first kappa shape index (κ1) is 20.1. The molecule has 24 heavy (non-hydrogen) atoms. The number of nitrogens with one attached hydrogen (secondary N) is 2. The Morgan fingerprint density at radius 1 is 1.17 bits per heavy atom. The van der Waals surface area contributed by atoms with E-state index in [9.17, 15) is 18.0 Å². The van der Waals surface area contributed by atoms with Gasteiger partial charge in [0.1, 0.15) is 0 Å². The van der Waals surface area contributed by atoms with E-state index in [-0.39, 0.29) is 24.6 Å². The maximum absolute atomic E-state index is 12.2. The highest BCUT2D eigenvalue weighted by Gasteiger charge is 2.22. The lowest BCUT2D eigenvalue weighted by Crippen LogP contribution is -2.43. The molecule has 0 bridgehead atoms. The molecule has 0 aliphatic rings. The highest BCUT2D eigenvalue weighted by molar-refractivity contribution is 7.89. The normalized spacial score (nSPS) is 12.0. The zero-order chi connectivity index (χ0) is 18.4. The van der Waals surface area contributed by atoms with Crippen LogP contribution in [0, 0.1) is 0 Å². The quantitative estimate of drug-likeness (QED) is 0.621. The van der Waals surface area contributed by atoms with Crippen LogP contribution in [-0.4, -0.2) is 36.7 Å². The molecule has 0 radical (unpaired) electrons. The van der Waals surface area contributed by atoms with E-state index < -0.39 is 21.5 Å². The number of hydrogen-bond donors (Lipinski definition) is 3. The van der Waals surface area contributed by atoms with Gasteiger partial charge >= 0.3 is 5.97 Å². The Kier molecular flexibility index (Phi) is 6.92. The molecule has 1 amide bonds. The van der Waals surface area contributed by atoms with E-state index in [0.29, 0.717) is 12.0 Å². The zero-order valence-electron chi connectivity index (χ0n) is 14.1. The minimum Gasteiger partial charge on any atom is -0.481 e. The number of carboxylic acids is 1. The molecule has 0 aliphatic heterocycles. The minimum atomic E-state index is -3.26. The van der Waals surface area contributed by atoms with E-state index in [1.165, 1.54) is 0 Å². The molecular formula is C16H24N2O5S. The number of carbonyl (C=O) groups excluding carboxylic acids is 1. The summed E-state index contributed by atoms with van der Waals surface area (Å²) < 4.78 is 25.2. The molecule has 0 aromatic heterocycles. The molecule has 1 aromatic rings. The minimum absolute atomic E-state index is 0.0128. The lowest BCUT2D eigenvalue weighted by atomic mass is 9.97. The summed E-state index contributed by atoms with van der Waals surface area (Å²) in [5.41, 5.74) is 0.541. The highest BCUT2D eigenvalue weighted by Crippen LogP contribution is 2.13. The van der Waals surface area contributed by atoms with Crippen LogP contribution in [0.5, 0.6) is 0 Å². The number of sulfonamides is 1. The maximum atomic E-state index is 12.2. The molecule has 0 spiro atoms. The van der Waals surface area contributed by atoms with Crippen LogP contribution >= 0.6 is 0 Å². The van der Waals surface area contributed by atoms with Gasteiger partial charge in [-0.05, 0) is 44.9 Å². The molecule has 0 atom stereocenters. The zero-order valence-corrected chi connectivity index (χ0v) is 14.9. The van der Waals surface area contributed by atoms with Crippen LogP contribution in [0.3, 0.4) is 0 Å². The van der Waals surface area contributed by atoms with E-state index >= 15 is 0 Å². The average molecular weight is 356 g/mol. The van der Waals surface area contributed by atoms with Gasteiger partial charge in [-0.1, -0.05) is 12.1 Å². The van der Waals surface area contributed by atoms with Crippen LogP contribution in [0.4, 0.5) is 0 Å². The molecule has 0 saturated carbocycles. The van der Waals surface area contributed by atoms with Gasteiger partial charge in [0.15, 0.2) is 0 Å². The number of aliphatic carboxylic acids is 1. The predicted molar refractivity (Wildman–Crippen MR) is 91.2 cm³/mol. The number of amides is 1. The van der Waals surface area contributed by atoms with Crippen molar-refractivity contribution in [3.05, 3.63) is 35.4 Å². The summed E-state index contributed by atoms with van der Waals surface area (Å²) in [4.78, 5) is 22.8. The lowest BCUT2D eigenvalue weighted by Gasteiger charge is -2.25. The second-order valence-electron chi connectivity index (χ2n) is 6.15. The van der Waals surface area contributed by atoms with Gasteiger partial charge in [-0.3, -0.25) is 9.59 Å². The summed E-state index contributed by atoms with van der Waals surface area (Å²) in [6, 6.07) is 6.57. The van der Waals surface area contributed by atoms with Crippen molar-refractivity contribution in [2.45, 2.75) is 45.7 Å². The second-order valence-corrected chi connectivity index (χ2v) is 8.25. The van der Waals surface area contributed by atoms with Gasteiger partial charge in [0.25, 0.3) is 5.91 Å². The molecule has 8 heteroatoms. The molecule has 0 unspecified atom stereocenters. The fourth-order valence-electron chi connectivity index (χ4n) is 1.93. The van der Waals surface area contributed by atoms with Crippen molar-refractivity contribution in [1.29, 1.82) is 0 Å². The third kappa shape index (κ3) is 7.10. The van der Waals surface area contributed by atoms with Crippen molar-refractivity contribution >= 4 is 21.9 Å². The van der Waals surface area contributed by atoms with Crippen LogP contribution in [0.2, 0.25) is 0 Å². The molecule has 0 heterocycles. The molecule has 0 saturated heterocycles. The van der Waals surface area contributed by atoms with E-state index in [4.69, 9.17) is 5.11 Å². The summed E-state index contributed by atoms with van der Waals surface area (Å²) in [5, 5.41) is 11.5. The molecule has 0 fully saturated rings. The Hall–Kier alpha value is -1.93. The number of rotatable bonds is 9. The second kappa shape index (κ2) is 8.25. The summed E-state index contributed by atoms with van der Waals surface area (Å²) in [6.45, 7) is 5.26. The first-order valence-electron chi connectivity index (χ1n) is 7.65. The van der Waals surface area contributed by atoms with Crippen molar-refractivity contribution in [3.63, 3.8) is 0 Å². The Balaban J connectivity index is 2.65. The Bertz CT molecular complexity index is 681. The molecular weight excluding hydrogens is 332 g/mol. The molecule has 0 aliphatic carbocycles. The third-order valence-corrected chi connectivity index (χ3v) is 4.85. The number of carbonyl (C=O) groups is 2. The molecule has 1 rings (SSSR count). The standard InChI is InChI=1S/C16H24N2O5S/c1-4-24(22,23)17-11-12-5-7-13(8-6-12)15(21)18-16(2,3)10-9-14(19)20/h5-8,17H,4,9-11H2,1-3H3,(H,18,21)(H,19,20). The highest BCUT2D eigenvalue weighted by atomic mass is 32.2. The van der Waals surface area contributed by atoms with Crippen molar-refractivity contribution in [1.82, 2.24) is 10.0 Å². The Labute approximate surface area is 142 Å². The van der Waals surface area contributed by atoms with Gasteiger partial charge in [-0.25, -0.2) is 13.1 Å². The van der Waals surface area contributed by atoms with Crippen LogP contribution in [-0.2, 0) is 21.4 Å².